The molecule has 0 spiro atoms. The lowest BCUT2D eigenvalue weighted by Crippen LogP contribution is -2.05. The Kier molecular flexibility index (Phi) is 2.49. The van der Waals surface area contributed by atoms with E-state index in [4.69, 9.17) is 4.74 Å². The molecular formula is C11H14OS. The molecule has 0 bridgehead atoms. The number of benzene rings is 1. The fraction of sp³-hybridized carbons (Fsp3) is 0.455. The zero-order valence-electron chi connectivity index (χ0n) is 7.79. The molecule has 0 amide bonds. The minimum atomic E-state index is 0.426. The third-order valence-electron chi connectivity index (χ3n) is 2.63. The molecule has 1 nitrogen and oxygen atoms in total. The van der Waals surface area contributed by atoms with Gasteiger partial charge in [0, 0.05) is 5.25 Å². The number of methoxy groups -OCH3 is 1. The zero-order valence-corrected chi connectivity index (χ0v) is 8.68. The Labute approximate surface area is 84.5 Å². The molecule has 0 aromatic heterocycles. The smallest absolute Gasteiger partial charge is 0.119 e. The van der Waals surface area contributed by atoms with Gasteiger partial charge in [0.2, 0.25) is 0 Å². The Balaban J connectivity index is 2.39. The van der Waals surface area contributed by atoms with E-state index in [1.807, 2.05) is 6.07 Å². The third kappa shape index (κ3) is 1.68. The fourth-order valence-corrected chi connectivity index (χ4v) is 2.33. The van der Waals surface area contributed by atoms with E-state index in [2.05, 4.69) is 24.8 Å². The highest BCUT2D eigenvalue weighted by Crippen LogP contribution is 2.35. The number of aryl methyl sites for hydroxylation is 1. The molecular weight excluding hydrogens is 180 g/mol. The van der Waals surface area contributed by atoms with Crippen LogP contribution in [0.15, 0.2) is 18.2 Å². The van der Waals surface area contributed by atoms with Gasteiger partial charge >= 0.3 is 0 Å². The Morgan fingerprint density at radius 3 is 3.08 bits per heavy atom. The van der Waals surface area contributed by atoms with E-state index in [-0.39, 0.29) is 0 Å². The van der Waals surface area contributed by atoms with Gasteiger partial charge in [-0.2, -0.15) is 12.6 Å². The van der Waals surface area contributed by atoms with E-state index in [1.54, 1.807) is 7.11 Å². The summed E-state index contributed by atoms with van der Waals surface area (Å²) in [6, 6.07) is 6.30. The highest BCUT2D eigenvalue weighted by molar-refractivity contribution is 7.80. The lowest BCUT2D eigenvalue weighted by Gasteiger charge is -2.21. The molecule has 1 aromatic carbocycles. The van der Waals surface area contributed by atoms with Crippen LogP contribution in [0, 0.1) is 0 Å². The standard InChI is InChI=1S/C11H14OS/c1-12-9-5-6-10-8(7-9)3-2-4-11(10)13/h5-7,11,13H,2-4H2,1H3. The van der Waals surface area contributed by atoms with Gasteiger partial charge < -0.3 is 4.74 Å². The average molecular weight is 194 g/mol. The SMILES string of the molecule is COc1ccc2c(c1)CCCC2S. The van der Waals surface area contributed by atoms with Gasteiger partial charge in [0.1, 0.15) is 5.75 Å². The van der Waals surface area contributed by atoms with Crippen molar-refractivity contribution in [2.24, 2.45) is 0 Å². The summed E-state index contributed by atoms with van der Waals surface area (Å²) >= 11 is 4.56. The first-order chi connectivity index (χ1) is 6.31. The number of hydrogen-bond acceptors (Lipinski definition) is 2. The molecule has 0 N–H and O–H groups in total. The van der Waals surface area contributed by atoms with Crippen molar-refractivity contribution in [3.8, 4) is 5.75 Å². The molecule has 2 heteroatoms. The zero-order chi connectivity index (χ0) is 9.26. The van der Waals surface area contributed by atoms with Crippen molar-refractivity contribution in [2.45, 2.75) is 24.5 Å². The van der Waals surface area contributed by atoms with Crippen molar-refractivity contribution < 1.29 is 4.74 Å². The number of fused-ring (bicyclic) bond motifs is 1. The average Bonchev–Trinajstić information content (AvgIpc) is 2.18. The summed E-state index contributed by atoms with van der Waals surface area (Å²) in [4.78, 5) is 0. The molecule has 0 radical (unpaired) electrons. The van der Waals surface area contributed by atoms with Crippen molar-refractivity contribution >= 4 is 12.6 Å². The minimum absolute atomic E-state index is 0.426. The molecule has 13 heavy (non-hydrogen) atoms. The summed E-state index contributed by atoms with van der Waals surface area (Å²) in [6.07, 6.45) is 3.61. The van der Waals surface area contributed by atoms with Crippen LogP contribution in [-0.2, 0) is 6.42 Å². The number of ether oxygens (including phenoxy) is 1. The van der Waals surface area contributed by atoms with Gasteiger partial charge in [0.05, 0.1) is 7.11 Å². The molecule has 0 aliphatic heterocycles. The van der Waals surface area contributed by atoms with Gasteiger partial charge in [-0.3, -0.25) is 0 Å². The largest absolute Gasteiger partial charge is 0.497 e. The first-order valence-electron chi connectivity index (χ1n) is 4.66. The number of hydrogen-bond donors (Lipinski definition) is 1. The maximum Gasteiger partial charge on any atom is 0.119 e. The van der Waals surface area contributed by atoms with Gasteiger partial charge in [-0.15, -0.1) is 0 Å². The van der Waals surface area contributed by atoms with E-state index in [0.717, 1.165) is 5.75 Å². The maximum atomic E-state index is 5.19. The van der Waals surface area contributed by atoms with Crippen LogP contribution in [0.5, 0.6) is 5.75 Å². The van der Waals surface area contributed by atoms with Gasteiger partial charge in [-0.1, -0.05) is 6.07 Å². The van der Waals surface area contributed by atoms with Gasteiger partial charge in [0.25, 0.3) is 0 Å². The molecule has 1 atom stereocenters. The van der Waals surface area contributed by atoms with E-state index in [9.17, 15) is 0 Å². The molecule has 0 saturated carbocycles. The Morgan fingerprint density at radius 1 is 1.46 bits per heavy atom. The van der Waals surface area contributed by atoms with Gasteiger partial charge in [-0.05, 0) is 42.5 Å². The summed E-state index contributed by atoms with van der Waals surface area (Å²) in [5.41, 5.74) is 2.79. The second kappa shape index (κ2) is 3.62. The predicted molar refractivity (Wildman–Crippen MR) is 57.7 cm³/mol. The summed E-state index contributed by atoms with van der Waals surface area (Å²) in [5.74, 6) is 0.959. The second-order valence-electron chi connectivity index (χ2n) is 3.47. The predicted octanol–water partition coefficient (Wildman–Crippen LogP) is 3.00. The van der Waals surface area contributed by atoms with Crippen molar-refractivity contribution in [1.82, 2.24) is 0 Å². The van der Waals surface area contributed by atoms with Crippen LogP contribution in [0.3, 0.4) is 0 Å². The van der Waals surface area contributed by atoms with Crippen molar-refractivity contribution in [3.63, 3.8) is 0 Å². The molecule has 1 unspecified atom stereocenters. The lowest BCUT2D eigenvalue weighted by molar-refractivity contribution is 0.413. The van der Waals surface area contributed by atoms with E-state index < -0.39 is 0 Å². The summed E-state index contributed by atoms with van der Waals surface area (Å²) in [5, 5.41) is 0.426. The first-order valence-corrected chi connectivity index (χ1v) is 5.18. The highest BCUT2D eigenvalue weighted by Gasteiger charge is 2.16. The lowest BCUT2D eigenvalue weighted by atomic mass is 9.91. The second-order valence-corrected chi connectivity index (χ2v) is 4.10. The molecule has 2 rings (SSSR count). The van der Waals surface area contributed by atoms with Crippen molar-refractivity contribution in [1.29, 1.82) is 0 Å². The summed E-state index contributed by atoms with van der Waals surface area (Å²) in [6.45, 7) is 0. The number of thiol groups is 1. The third-order valence-corrected chi connectivity index (χ3v) is 3.17. The first kappa shape index (κ1) is 8.95. The van der Waals surface area contributed by atoms with Gasteiger partial charge in [0.15, 0.2) is 0 Å². The molecule has 1 aliphatic carbocycles. The van der Waals surface area contributed by atoms with Gasteiger partial charge in [-0.25, -0.2) is 0 Å². The van der Waals surface area contributed by atoms with E-state index in [1.165, 1.54) is 30.4 Å². The summed E-state index contributed by atoms with van der Waals surface area (Å²) in [7, 11) is 1.71. The normalized spacial score (nSPS) is 20.9. The van der Waals surface area contributed by atoms with Crippen LogP contribution >= 0.6 is 12.6 Å². The maximum absolute atomic E-state index is 5.19. The quantitative estimate of drug-likeness (QED) is 0.676. The topological polar surface area (TPSA) is 9.23 Å². The minimum Gasteiger partial charge on any atom is -0.497 e. The monoisotopic (exact) mass is 194 g/mol. The molecule has 70 valence electrons. The Bertz CT molecular complexity index is 309. The number of rotatable bonds is 1. The Hall–Kier alpha value is -0.630. The molecule has 0 heterocycles. The van der Waals surface area contributed by atoms with Crippen LogP contribution in [0.4, 0.5) is 0 Å². The molecule has 1 aliphatic rings. The van der Waals surface area contributed by atoms with Crippen molar-refractivity contribution in [2.75, 3.05) is 7.11 Å². The molecule has 1 aromatic rings. The van der Waals surface area contributed by atoms with E-state index in [0.29, 0.717) is 5.25 Å². The Morgan fingerprint density at radius 2 is 2.31 bits per heavy atom. The highest BCUT2D eigenvalue weighted by atomic mass is 32.1. The molecule has 0 saturated heterocycles. The van der Waals surface area contributed by atoms with Crippen LogP contribution < -0.4 is 4.74 Å². The van der Waals surface area contributed by atoms with Crippen LogP contribution in [0.2, 0.25) is 0 Å². The fourth-order valence-electron chi connectivity index (χ4n) is 1.89. The molecule has 0 fully saturated rings. The summed E-state index contributed by atoms with van der Waals surface area (Å²) < 4.78 is 5.19. The van der Waals surface area contributed by atoms with E-state index >= 15 is 0 Å². The van der Waals surface area contributed by atoms with Crippen molar-refractivity contribution in [3.05, 3.63) is 29.3 Å². The van der Waals surface area contributed by atoms with Crippen LogP contribution in [0.25, 0.3) is 0 Å². The van der Waals surface area contributed by atoms with Crippen LogP contribution in [-0.4, -0.2) is 7.11 Å². The van der Waals surface area contributed by atoms with Crippen LogP contribution in [0.1, 0.15) is 29.2 Å².